The van der Waals surface area contributed by atoms with Crippen LogP contribution in [0.1, 0.15) is 27.7 Å². The second-order valence-electron chi connectivity index (χ2n) is 3.74. The van der Waals surface area contributed by atoms with Crippen LogP contribution >= 0.6 is 0 Å². The van der Waals surface area contributed by atoms with E-state index >= 15 is 0 Å². The van der Waals surface area contributed by atoms with Crippen LogP contribution in [0.15, 0.2) is 0 Å². The van der Waals surface area contributed by atoms with Crippen molar-refractivity contribution in [1.82, 2.24) is 4.81 Å². The minimum Gasteiger partial charge on any atom is -0.342 e. The lowest BCUT2D eigenvalue weighted by molar-refractivity contribution is 0.425. The zero-order valence-corrected chi connectivity index (χ0v) is 8.18. The maximum absolute atomic E-state index is 2.41. The van der Waals surface area contributed by atoms with Crippen molar-refractivity contribution in [2.45, 2.75) is 46.4 Å². The average Bonchev–Trinajstić information content (AvgIpc) is 1.84. The first-order valence-electron chi connectivity index (χ1n) is 4.18. The molecule has 0 heterocycles. The lowest BCUT2D eigenvalue weighted by Gasteiger charge is -2.28. The molecule has 0 rings (SSSR count). The van der Waals surface area contributed by atoms with E-state index in [-0.39, 0.29) is 0 Å². The second kappa shape index (κ2) is 4.02. The first-order valence-corrected chi connectivity index (χ1v) is 4.18. The molecule has 0 aliphatic rings. The molecule has 0 radical (unpaired) electrons. The molecule has 1 nitrogen and oxygen atoms in total. The first-order chi connectivity index (χ1) is 4.46. The maximum atomic E-state index is 2.41. The van der Waals surface area contributed by atoms with Gasteiger partial charge in [-0.2, -0.15) is 0 Å². The van der Waals surface area contributed by atoms with Crippen LogP contribution in [-0.2, 0) is 0 Å². The average molecular weight is 141 g/mol. The molecule has 0 aromatic carbocycles. The van der Waals surface area contributed by atoms with Gasteiger partial charge >= 0.3 is 0 Å². The van der Waals surface area contributed by atoms with Gasteiger partial charge in [0.15, 0.2) is 0 Å². The van der Waals surface area contributed by atoms with E-state index < -0.39 is 0 Å². The zero-order chi connectivity index (χ0) is 8.31. The van der Waals surface area contributed by atoms with E-state index in [0.717, 1.165) is 5.82 Å². The van der Waals surface area contributed by atoms with Crippen LogP contribution < -0.4 is 0 Å². The van der Waals surface area contributed by atoms with Crippen molar-refractivity contribution in [2.24, 2.45) is 0 Å². The van der Waals surface area contributed by atoms with E-state index in [1.54, 1.807) is 0 Å². The second-order valence-corrected chi connectivity index (χ2v) is 3.74. The van der Waals surface area contributed by atoms with Crippen molar-refractivity contribution in [3.05, 3.63) is 0 Å². The Morgan fingerprint density at radius 1 is 1.10 bits per heavy atom. The van der Waals surface area contributed by atoms with E-state index in [4.69, 9.17) is 0 Å². The molecule has 0 unspecified atom stereocenters. The van der Waals surface area contributed by atoms with E-state index in [1.165, 1.54) is 0 Å². The summed E-state index contributed by atoms with van der Waals surface area (Å²) in [6, 6.07) is 0.664. The van der Waals surface area contributed by atoms with Crippen molar-refractivity contribution in [3.8, 4) is 0 Å². The van der Waals surface area contributed by atoms with E-state index in [0.29, 0.717) is 12.9 Å². The molecule has 0 aliphatic carbocycles. The Morgan fingerprint density at radius 2 is 1.50 bits per heavy atom. The Hall–Kier alpha value is 0.0249. The van der Waals surface area contributed by atoms with Gasteiger partial charge in [0.1, 0.15) is 0 Å². The van der Waals surface area contributed by atoms with Crippen LogP contribution in [-0.4, -0.2) is 24.7 Å². The molecule has 60 valence electrons. The van der Waals surface area contributed by atoms with Crippen LogP contribution in [0.25, 0.3) is 0 Å². The van der Waals surface area contributed by atoms with Gasteiger partial charge in [-0.15, -0.1) is 0 Å². The molecule has 0 aliphatic heterocycles. The minimum atomic E-state index is 0.664. The molecule has 0 fully saturated rings. The highest BCUT2D eigenvalue weighted by Crippen LogP contribution is 2.11. The lowest BCUT2D eigenvalue weighted by atomic mass is 9.53. The molecule has 0 bridgehead atoms. The Kier molecular flexibility index (Phi) is 4.03. The molecule has 0 aromatic heterocycles. The monoisotopic (exact) mass is 141 g/mol. The number of rotatable bonds is 3. The quantitative estimate of drug-likeness (QED) is 0.545. The van der Waals surface area contributed by atoms with Gasteiger partial charge < -0.3 is 4.81 Å². The summed E-state index contributed by atoms with van der Waals surface area (Å²) >= 11 is 0. The third-order valence-corrected chi connectivity index (χ3v) is 2.42. The van der Waals surface area contributed by atoms with Crippen LogP contribution in [0, 0.1) is 0 Å². The van der Waals surface area contributed by atoms with Gasteiger partial charge in [0, 0.05) is 0 Å². The summed E-state index contributed by atoms with van der Waals surface area (Å²) in [6.45, 7) is 12.0. The van der Waals surface area contributed by atoms with Crippen molar-refractivity contribution in [3.63, 3.8) is 0 Å². The molecule has 0 amide bonds. The highest BCUT2D eigenvalue weighted by molar-refractivity contribution is 6.55. The fourth-order valence-electron chi connectivity index (χ4n) is 0.941. The van der Waals surface area contributed by atoms with E-state index in [1.807, 2.05) is 0 Å². The maximum Gasteiger partial charge on any atom is 0.222 e. The molecule has 0 saturated carbocycles. The summed E-state index contributed by atoms with van der Waals surface area (Å²) < 4.78 is 0. The highest BCUT2D eigenvalue weighted by Gasteiger charge is 2.19. The lowest BCUT2D eigenvalue weighted by Crippen LogP contribution is -2.40. The third kappa shape index (κ3) is 2.74. The summed E-state index contributed by atoms with van der Waals surface area (Å²) in [4.78, 5) is 2.41. The van der Waals surface area contributed by atoms with Gasteiger partial charge in [0.25, 0.3) is 0 Å². The van der Waals surface area contributed by atoms with Crippen LogP contribution in [0.3, 0.4) is 0 Å². The molecule has 0 atom stereocenters. The first kappa shape index (κ1) is 10.0. The third-order valence-electron chi connectivity index (χ3n) is 2.42. The fourth-order valence-corrected chi connectivity index (χ4v) is 0.941. The van der Waals surface area contributed by atoms with Gasteiger partial charge in [-0.3, -0.25) is 0 Å². The van der Waals surface area contributed by atoms with Gasteiger partial charge in [0.05, 0.1) is 0 Å². The normalized spacial score (nSPS) is 11.7. The molecular formula is C8H20BN. The summed E-state index contributed by atoms with van der Waals surface area (Å²) in [5.74, 6) is 0.757. The fraction of sp³-hybridized carbons (Fsp3) is 1.00. The van der Waals surface area contributed by atoms with E-state index in [2.05, 4.69) is 46.4 Å². The minimum absolute atomic E-state index is 0.664. The number of hydrogen-bond donors (Lipinski definition) is 0. The molecule has 10 heavy (non-hydrogen) atoms. The number of nitrogens with zero attached hydrogens (tertiary/aromatic N) is 1. The Balaban J connectivity index is 3.81. The smallest absolute Gasteiger partial charge is 0.222 e. The van der Waals surface area contributed by atoms with Crippen LogP contribution in [0.5, 0.6) is 0 Å². The van der Waals surface area contributed by atoms with Crippen molar-refractivity contribution in [1.29, 1.82) is 0 Å². The van der Waals surface area contributed by atoms with Gasteiger partial charge in [-0.1, -0.05) is 40.3 Å². The van der Waals surface area contributed by atoms with Gasteiger partial charge in [0.2, 0.25) is 6.85 Å². The Morgan fingerprint density at radius 3 is 1.60 bits per heavy atom. The summed E-state index contributed by atoms with van der Waals surface area (Å²) in [7, 11) is 2.19. The molecular weight excluding hydrogens is 121 g/mol. The molecule has 0 spiro atoms. The number of hydrogen-bond acceptors (Lipinski definition) is 1. The molecule has 0 saturated heterocycles. The van der Waals surface area contributed by atoms with Crippen LogP contribution in [0.4, 0.5) is 0 Å². The van der Waals surface area contributed by atoms with Crippen molar-refractivity contribution >= 4 is 6.85 Å². The van der Waals surface area contributed by atoms with E-state index in [9.17, 15) is 0 Å². The van der Waals surface area contributed by atoms with Crippen molar-refractivity contribution < 1.29 is 0 Å². The largest absolute Gasteiger partial charge is 0.342 e. The summed E-state index contributed by atoms with van der Waals surface area (Å²) in [5.41, 5.74) is 0. The topological polar surface area (TPSA) is 3.24 Å². The summed E-state index contributed by atoms with van der Waals surface area (Å²) in [6.07, 6.45) is 0. The molecule has 2 heteroatoms. The zero-order valence-electron chi connectivity index (χ0n) is 8.18. The summed E-state index contributed by atoms with van der Waals surface area (Å²) in [5, 5.41) is 0. The van der Waals surface area contributed by atoms with Gasteiger partial charge in [-0.05, 0) is 13.1 Å². The molecule has 0 N–H and O–H groups in total. The predicted molar refractivity (Wildman–Crippen MR) is 49.6 cm³/mol. The van der Waals surface area contributed by atoms with Gasteiger partial charge in [-0.25, -0.2) is 0 Å². The highest BCUT2D eigenvalue weighted by atomic mass is 15.0. The van der Waals surface area contributed by atoms with Crippen LogP contribution in [0.2, 0.25) is 12.6 Å². The molecule has 0 aromatic rings. The Bertz CT molecular complexity index is 79.3. The van der Waals surface area contributed by atoms with Crippen molar-refractivity contribution in [2.75, 3.05) is 7.05 Å². The standard InChI is InChI=1S/C8H20BN/c1-7(2)9(5)10(6)8(3)4/h7-8H,1-6H3. The SMILES string of the molecule is CB(C(C)C)N(C)C(C)C. The Labute approximate surface area is 65.9 Å². The predicted octanol–water partition coefficient (Wildman–Crippen LogP) is 2.36.